The molecule has 1 aromatic heterocycles. The Morgan fingerprint density at radius 1 is 1.38 bits per heavy atom. The number of ether oxygens (including phenoxy) is 1. The second-order valence-electron chi connectivity index (χ2n) is 6.81. The fourth-order valence-corrected chi connectivity index (χ4v) is 3.43. The van der Waals surface area contributed by atoms with Crippen LogP contribution in [-0.2, 0) is 15.1 Å². The number of halogens is 3. The summed E-state index contributed by atoms with van der Waals surface area (Å²) in [5.41, 5.74) is -3.46. The number of hydrogen-bond donors (Lipinski definition) is 1. The summed E-state index contributed by atoms with van der Waals surface area (Å²) < 4.78 is 50.6. The van der Waals surface area contributed by atoms with Gasteiger partial charge in [0.15, 0.2) is 0 Å². The quantitative estimate of drug-likeness (QED) is 0.912. The van der Waals surface area contributed by atoms with E-state index in [1.807, 2.05) is 0 Å². The van der Waals surface area contributed by atoms with Crippen LogP contribution in [0.3, 0.4) is 0 Å². The normalized spacial score (nSPS) is 27.0. The summed E-state index contributed by atoms with van der Waals surface area (Å²) in [7, 11) is 0. The lowest BCUT2D eigenvalue weighted by Crippen LogP contribution is -2.46. The van der Waals surface area contributed by atoms with Gasteiger partial charge in [-0.3, -0.25) is 4.79 Å². The molecule has 1 N–H and O–H groups in total. The monoisotopic (exact) mass is 347 g/mol. The van der Waals surface area contributed by atoms with Gasteiger partial charge in [0.05, 0.1) is 13.0 Å². The van der Waals surface area contributed by atoms with Crippen LogP contribution in [0.4, 0.5) is 13.2 Å². The van der Waals surface area contributed by atoms with Gasteiger partial charge in [0.1, 0.15) is 11.5 Å². The number of alkyl halides is 3. The molecule has 2 unspecified atom stereocenters. The molecule has 0 saturated carbocycles. The summed E-state index contributed by atoms with van der Waals surface area (Å²) in [4.78, 5) is 13.8. The molecule has 2 fully saturated rings. The molecular weight excluding hydrogens is 327 g/mol. The molecule has 0 aliphatic carbocycles. The Balaban J connectivity index is 1.77. The highest BCUT2D eigenvalue weighted by atomic mass is 19.4. The van der Waals surface area contributed by atoms with E-state index < -0.39 is 29.9 Å². The number of furan rings is 1. The second-order valence-corrected chi connectivity index (χ2v) is 6.81. The van der Waals surface area contributed by atoms with Gasteiger partial charge in [-0.1, -0.05) is 0 Å². The molecule has 1 aromatic rings. The van der Waals surface area contributed by atoms with Crippen LogP contribution in [0.15, 0.2) is 16.5 Å². The van der Waals surface area contributed by atoms with Gasteiger partial charge in [-0.25, -0.2) is 0 Å². The van der Waals surface area contributed by atoms with E-state index in [-0.39, 0.29) is 11.2 Å². The van der Waals surface area contributed by atoms with E-state index in [0.717, 1.165) is 12.5 Å². The highest BCUT2D eigenvalue weighted by molar-refractivity contribution is 5.78. The first-order valence-electron chi connectivity index (χ1n) is 7.87. The molecule has 1 spiro atoms. The van der Waals surface area contributed by atoms with Crippen molar-refractivity contribution in [3.63, 3.8) is 0 Å². The Hall–Kier alpha value is -1.54. The molecule has 2 aliphatic rings. The van der Waals surface area contributed by atoms with Crippen LogP contribution in [0.25, 0.3) is 0 Å². The van der Waals surface area contributed by atoms with Crippen LogP contribution in [0.5, 0.6) is 0 Å². The highest BCUT2D eigenvalue weighted by Gasteiger charge is 2.59. The van der Waals surface area contributed by atoms with Gasteiger partial charge in [0, 0.05) is 25.1 Å². The van der Waals surface area contributed by atoms with E-state index in [4.69, 9.17) is 9.15 Å². The Kier molecular flexibility index (Phi) is 4.16. The van der Waals surface area contributed by atoms with E-state index in [1.165, 1.54) is 17.9 Å². The number of amides is 1. The Morgan fingerprint density at radius 3 is 2.67 bits per heavy atom. The van der Waals surface area contributed by atoms with Gasteiger partial charge in [-0.2, -0.15) is 13.2 Å². The van der Waals surface area contributed by atoms with Crippen LogP contribution in [-0.4, -0.2) is 48.4 Å². The van der Waals surface area contributed by atoms with Gasteiger partial charge in [-0.15, -0.1) is 0 Å². The van der Waals surface area contributed by atoms with Crippen molar-refractivity contribution in [2.75, 3.05) is 26.3 Å². The first-order chi connectivity index (χ1) is 11.2. The van der Waals surface area contributed by atoms with Gasteiger partial charge < -0.3 is 19.2 Å². The lowest BCUT2D eigenvalue weighted by Gasteiger charge is -2.30. The van der Waals surface area contributed by atoms with Crippen molar-refractivity contribution in [3.8, 4) is 0 Å². The summed E-state index contributed by atoms with van der Waals surface area (Å²) in [5.74, 6) is -1.14. The minimum Gasteiger partial charge on any atom is -0.463 e. The van der Waals surface area contributed by atoms with Crippen molar-refractivity contribution in [1.82, 2.24) is 4.90 Å². The largest absolute Gasteiger partial charge is 0.463 e. The number of rotatable bonds is 3. The third-order valence-electron chi connectivity index (χ3n) is 5.00. The van der Waals surface area contributed by atoms with Crippen LogP contribution < -0.4 is 0 Å². The molecule has 0 bridgehead atoms. The zero-order valence-electron chi connectivity index (χ0n) is 13.4. The zero-order chi connectivity index (χ0) is 17.6. The first-order valence-corrected chi connectivity index (χ1v) is 7.87. The van der Waals surface area contributed by atoms with Crippen molar-refractivity contribution in [3.05, 3.63) is 23.7 Å². The lowest BCUT2D eigenvalue weighted by molar-refractivity contribution is -0.274. The minimum absolute atomic E-state index is 0.146. The van der Waals surface area contributed by atoms with E-state index in [9.17, 15) is 23.1 Å². The number of likely N-dealkylation sites (tertiary alicyclic amines) is 1. The summed E-state index contributed by atoms with van der Waals surface area (Å²) in [6, 6.07) is 2.39. The summed E-state index contributed by atoms with van der Waals surface area (Å²) in [6.07, 6.45) is -4.58. The number of carbonyl (C=O) groups is 1. The average molecular weight is 347 g/mol. The molecule has 3 heterocycles. The summed E-state index contributed by atoms with van der Waals surface area (Å²) in [5, 5.41) is 10.2. The van der Waals surface area contributed by atoms with E-state index in [1.54, 1.807) is 0 Å². The molecule has 134 valence electrons. The lowest BCUT2D eigenvalue weighted by atomic mass is 9.87. The molecule has 2 atom stereocenters. The zero-order valence-corrected chi connectivity index (χ0v) is 13.4. The molecule has 3 rings (SSSR count). The van der Waals surface area contributed by atoms with Gasteiger partial charge in [0.25, 0.3) is 0 Å². The van der Waals surface area contributed by atoms with E-state index >= 15 is 0 Å². The highest BCUT2D eigenvalue weighted by Crippen LogP contribution is 2.44. The molecule has 5 nitrogen and oxygen atoms in total. The van der Waals surface area contributed by atoms with Gasteiger partial charge in [0.2, 0.25) is 11.5 Å². The molecule has 1 amide bonds. The third-order valence-corrected chi connectivity index (χ3v) is 5.00. The van der Waals surface area contributed by atoms with Crippen molar-refractivity contribution >= 4 is 5.91 Å². The van der Waals surface area contributed by atoms with Crippen molar-refractivity contribution in [2.24, 2.45) is 5.41 Å². The maximum absolute atomic E-state index is 13.4. The van der Waals surface area contributed by atoms with Crippen LogP contribution in [0.1, 0.15) is 30.8 Å². The minimum atomic E-state index is -5.01. The summed E-state index contributed by atoms with van der Waals surface area (Å²) >= 11 is 0. The number of hydrogen-bond acceptors (Lipinski definition) is 4. The first kappa shape index (κ1) is 17.3. The molecule has 2 aliphatic heterocycles. The number of nitrogens with zero attached hydrogens (tertiary/aromatic N) is 1. The van der Waals surface area contributed by atoms with Crippen molar-refractivity contribution in [2.45, 2.75) is 38.0 Å². The maximum atomic E-state index is 13.4. The van der Waals surface area contributed by atoms with E-state index in [2.05, 4.69) is 0 Å². The standard InChI is InChI=1S/C16H20F3NO4/c1-11-2-3-12(24-11)15(22,16(17,18)19)8-13(21)20-6-4-14(9-20)5-7-23-10-14/h2-3,22H,4-10H2,1H3. The van der Waals surface area contributed by atoms with Crippen molar-refractivity contribution < 1.29 is 32.2 Å². The Labute approximate surface area is 137 Å². The number of carbonyl (C=O) groups excluding carboxylic acids is 1. The smallest absolute Gasteiger partial charge is 0.425 e. The number of aryl methyl sites for hydroxylation is 1. The average Bonchev–Trinajstić information content (AvgIpc) is 3.21. The van der Waals surface area contributed by atoms with Crippen LogP contribution in [0.2, 0.25) is 0 Å². The molecule has 2 saturated heterocycles. The van der Waals surface area contributed by atoms with Crippen LogP contribution >= 0.6 is 0 Å². The van der Waals surface area contributed by atoms with E-state index in [0.29, 0.717) is 32.7 Å². The maximum Gasteiger partial charge on any atom is 0.425 e. The van der Waals surface area contributed by atoms with Gasteiger partial charge >= 0.3 is 6.18 Å². The second kappa shape index (κ2) is 5.77. The predicted octanol–water partition coefficient (Wildman–Crippen LogP) is 2.37. The molecule has 0 aromatic carbocycles. The predicted molar refractivity (Wildman–Crippen MR) is 77.1 cm³/mol. The Morgan fingerprint density at radius 2 is 2.12 bits per heavy atom. The number of aliphatic hydroxyl groups is 1. The summed E-state index contributed by atoms with van der Waals surface area (Å²) in [6.45, 7) is 3.37. The fourth-order valence-electron chi connectivity index (χ4n) is 3.43. The molecule has 8 heteroatoms. The SMILES string of the molecule is Cc1ccc(C(O)(CC(=O)N2CCC3(CCOC3)C2)C(F)(F)F)o1. The molecule has 0 radical (unpaired) electrons. The Bertz CT molecular complexity index is 621. The molecular formula is C16H20F3NO4. The van der Waals surface area contributed by atoms with Crippen LogP contribution in [0, 0.1) is 12.3 Å². The van der Waals surface area contributed by atoms with Gasteiger partial charge in [-0.05, 0) is 31.9 Å². The third kappa shape index (κ3) is 2.93. The fraction of sp³-hybridized carbons (Fsp3) is 0.688. The topological polar surface area (TPSA) is 62.9 Å². The van der Waals surface area contributed by atoms with Crippen molar-refractivity contribution in [1.29, 1.82) is 0 Å². The molecule has 24 heavy (non-hydrogen) atoms.